The predicted molar refractivity (Wildman–Crippen MR) is 123 cm³/mol. The van der Waals surface area contributed by atoms with Gasteiger partial charge in [-0.1, -0.05) is 43.7 Å². The molecule has 0 radical (unpaired) electrons. The molecule has 0 aromatic heterocycles. The van der Waals surface area contributed by atoms with E-state index in [2.05, 4.69) is 10.0 Å². The molecular weight excluding hydrogens is 444 g/mol. The highest BCUT2D eigenvalue weighted by Gasteiger charge is 2.31. The van der Waals surface area contributed by atoms with Gasteiger partial charge in [0.1, 0.15) is 10.6 Å². The Morgan fingerprint density at radius 2 is 1.82 bits per heavy atom. The van der Waals surface area contributed by atoms with Crippen LogP contribution in [0, 0.1) is 0 Å². The number of nitrogens with one attached hydrogen (secondary N) is 2. The Morgan fingerprint density at radius 1 is 1.12 bits per heavy atom. The minimum Gasteiger partial charge on any atom is -0.495 e. The van der Waals surface area contributed by atoms with Gasteiger partial charge in [-0.3, -0.25) is 4.79 Å². The highest BCUT2D eigenvalue weighted by Crippen LogP contribution is 2.28. The van der Waals surface area contributed by atoms with Crippen LogP contribution in [0.4, 0.5) is 0 Å². The predicted octanol–water partition coefficient (Wildman–Crippen LogP) is 3.34. The number of esters is 1. The second-order valence-corrected chi connectivity index (χ2v) is 9.75. The zero-order valence-electron chi connectivity index (χ0n) is 19.0. The van der Waals surface area contributed by atoms with Crippen molar-refractivity contribution in [2.24, 2.45) is 0 Å². The van der Waals surface area contributed by atoms with Crippen molar-refractivity contribution in [2.75, 3.05) is 7.11 Å². The molecule has 8 nitrogen and oxygen atoms in total. The first-order valence-electron chi connectivity index (χ1n) is 11.0. The fourth-order valence-electron chi connectivity index (χ4n) is 3.37. The average Bonchev–Trinajstić information content (AvgIpc) is 3.62. The summed E-state index contributed by atoms with van der Waals surface area (Å²) >= 11 is 0. The molecule has 33 heavy (non-hydrogen) atoms. The quantitative estimate of drug-likeness (QED) is 0.483. The number of amides is 1. The van der Waals surface area contributed by atoms with Crippen LogP contribution in [0.15, 0.2) is 53.4 Å². The normalized spacial score (nSPS) is 15.4. The molecule has 1 fully saturated rings. The summed E-state index contributed by atoms with van der Waals surface area (Å²) in [5.41, 5.74) is 0.985. The molecule has 2 aromatic rings. The van der Waals surface area contributed by atoms with Crippen LogP contribution in [0.25, 0.3) is 0 Å². The Kier molecular flexibility index (Phi) is 8.10. The monoisotopic (exact) mass is 474 g/mol. The summed E-state index contributed by atoms with van der Waals surface area (Å²) in [7, 11) is -2.50. The zero-order valence-corrected chi connectivity index (χ0v) is 19.9. The number of hydrogen-bond acceptors (Lipinski definition) is 6. The van der Waals surface area contributed by atoms with E-state index in [1.165, 1.54) is 32.2 Å². The lowest BCUT2D eigenvalue weighted by Crippen LogP contribution is -2.38. The fraction of sp³-hybridized carbons (Fsp3) is 0.417. The maximum Gasteiger partial charge on any atom is 0.338 e. The molecule has 0 saturated heterocycles. The molecule has 0 aliphatic heterocycles. The van der Waals surface area contributed by atoms with E-state index in [4.69, 9.17) is 9.47 Å². The van der Waals surface area contributed by atoms with Crippen LogP contribution >= 0.6 is 0 Å². The van der Waals surface area contributed by atoms with Crippen molar-refractivity contribution in [2.45, 2.75) is 62.6 Å². The Labute approximate surface area is 194 Å². The summed E-state index contributed by atoms with van der Waals surface area (Å²) < 4.78 is 38.4. The van der Waals surface area contributed by atoms with E-state index < -0.39 is 28.0 Å². The molecule has 0 bridgehead atoms. The third-order valence-corrected chi connectivity index (χ3v) is 6.88. The third kappa shape index (κ3) is 6.55. The SMILES string of the molecule is CCCC(NC(=O)C(C)OC(=O)c1ccc(OC)c(S(=O)(=O)NC2CC2)c1)c1ccccc1. The van der Waals surface area contributed by atoms with E-state index in [1.807, 2.05) is 37.3 Å². The van der Waals surface area contributed by atoms with Crippen LogP contribution in [0.1, 0.15) is 61.5 Å². The summed E-state index contributed by atoms with van der Waals surface area (Å²) in [6, 6.07) is 13.3. The van der Waals surface area contributed by atoms with Gasteiger partial charge in [0, 0.05) is 6.04 Å². The maximum absolute atomic E-state index is 12.7. The summed E-state index contributed by atoms with van der Waals surface area (Å²) in [6.45, 7) is 3.51. The fourth-order valence-corrected chi connectivity index (χ4v) is 4.87. The summed E-state index contributed by atoms with van der Waals surface area (Å²) in [5.74, 6) is -1.10. The van der Waals surface area contributed by atoms with Crippen LogP contribution in [-0.2, 0) is 19.6 Å². The number of sulfonamides is 1. The number of carbonyl (C=O) groups excluding carboxylic acids is 2. The van der Waals surface area contributed by atoms with E-state index in [1.54, 1.807) is 0 Å². The molecule has 178 valence electrons. The summed E-state index contributed by atoms with van der Waals surface area (Å²) in [4.78, 5) is 25.3. The highest BCUT2D eigenvalue weighted by atomic mass is 32.2. The van der Waals surface area contributed by atoms with Crippen molar-refractivity contribution in [1.82, 2.24) is 10.0 Å². The smallest absolute Gasteiger partial charge is 0.338 e. The van der Waals surface area contributed by atoms with Crippen molar-refractivity contribution >= 4 is 21.9 Å². The first-order chi connectivity index (χ1) is 15.7. The molecule has 0 heterocycles. The van der Waals surface area contributed by atoms with Crippen molar-refractivity contribution in [3.05, 3.63) is 59.7 Å². The van der Waals surface area contributed by atoms with Crippen LogP contribution in [0.5, 0.6) is 5.75 Å². The summed E-state index contributed by atoms with van der Waals surface area (Å²) in [5, 5.41) is 2.93. The molecule has 2 unspecified atom stereocenters. The number of carbonyl (C=O) groups is 2. The van der Waals surface area contributed by atoms with E-state index in [-0.39, 0.29) is 28.3 Å². The number of benzene rings is 2. The van der Waals surface area contributed by atoms with E-state index >= 15 is 0 Å². The van der Waals surface area contributed by atoms with Gasteiger partial charge in [0.05, 0.1) is 18.7 Å². The van der Waals surface area contributed by atoms with Crippen LogP contribution in [0.2, 0.25) is 0 Å². The molecule has 1 aliphatic rings. The Balaban J connectivity index is 1.70. The van der Waals surface area contributed by atoms with Gasteiger partial charge in [-0.15, -0.1) is 0 Å². The second-order valence-electron chi connectivity index (χ2n) is 8.07. The first kappa shape index (κ1) is 24.7. The Hall–Kier alpha value is -2.91. The standard InChI is InChI=1S/C24H30N2O6S/c1-4-8-20(17-9-6-5-7-10-17)25-23(27)16(2)32-24(28)18-11-14-21(31-3)22(15-18)33(29,30)26-19-12-13-19/h5-7,9-11,14-16,19-20,26H,4,8,12-13H2,1-3H3,(H,25,27). The highest BCUT2D eigenvalue weighted by molar-refractivity contribution is 7.89. The lowest BCUT2D eigenvalue weighted by Gasteiger charge is -2.21. The van der Waals surface area contributed by atoms with Gasteiger partial charge in [0.25, 0.3) is 5.91 Å². The lowest BCUT2D eigenvalue weighted by atomic mass is 10.0. The molecule has 2 N–H and O–H groups in total. The minimum absolute atomic E-state index is 0.0137. The van der Waals surface area contributed by atoms with Crippen LogP contribution < -0.4 is 14.8 Å². The van der Waals surface area contributed by atoms with Crippen LogP contribution in [-0.4, -0.2) is 39.5 Å². The lowest BCUT2D eigenvalue weighted by molar-refractivity contribution is -0.129. The van der Waals surface area contributed by atoms with Gasteiger partial charge in [-0.05, 0) is 49.9 Å². The molecule has 1 aliphatic carbocycles. The number of methoxy groups -OCH3 is 1. The number of rotatable bonds is 11. The number of hydrogen-bond donors (Lipinski definition) is 2. The van der Waals surface area contributed by atoms with E-state index in [0.29, 0.717) is 0 Å². The van der Waals surface area contributed by atoms with Gasteiger partial charge in [-0.25, -0.2) is 17.9 Å². The molecule has 2 aromatic carbocycles. The van der Waals surface area contributed by atoms with Gasteiger partial charge < -0.3 is 14.8 Å². The van der Waals surface area contributed by atoms with E-state index in [9.17, 15) is 18.0 Å². The van der Waals surface area contributed by atoms with Crippen molar-refractivity contribution < 1.29 is 27.5 Å². The largest absolute Gasteiger partial charge is 0.495 e. The van der Waals surface area contributed by atoms with E-state index in [0.717, 1.165) is 31.2 Å². The van der Waals surface area contributed by atoms with Gasteiger partial charge in [-0.2, -0.15) is 0 Å². The Bertz CT molecular complexity index is 1080. The minimum atomic E-state index is -3.86. The van der Waals surface area contributed by atoms with Gasteiger partial charge in [0.15, 0.2) is 6.10 Å². The van der Waals surface area contributed by atoms with Crippen molar-refractivity contribution in [3.8, 4) is 5.75 Å². The average molecular weight is 475 g/mol. The molecular formula is C24H30N2O6S. The molecule has 2 atom stereocenters. The molecule has 0 spiro atoms. The second kappa shape index (κ2) is 10.8. The molecule has 9 heteroatoms. The van der Waals surface area contributed by atoms with Gasteiger partial charge in [0.2, 0.25) is 10.0 Å². The van der Waals surface area contributed by atoms with Gasteiger partial charge >= 0.3 is 5.97 Å². The van der Waals surface area contributed by atoms with Crippen LogP contribution in [0.3, 0.4) is 0 Å². The third-order valence-electron chi connectivity index (χ3n) is 5.34. The topological polar surface area (TPSA) is 111 Å². The first-order valence-corrected chi connectivity index (χ1v) is 12.5. The molecule has 1 saturated carbocycles. The van der Waals surface area contributed by atoms with Crippen molar-refractivity contribution in [3.63, 3.8) is 0 Å². The van der Waals surface area contributed by atoms with Crippen molar-refractivity contribution in [1.29, 1.82) is 0 Å². The summed E-state index contributed by atoms with van der Waals surface area (Å²) in [6.07, 6.45) is 2.10. The zero-order chi connectivity index (χ0) is 24.0. The molecule has 1 amide bonds. The Morgan fingerprint density at radius 3 is 2.42 bits per heavy atom. The molecule has 3 rings (SSSR count). The maximum atomic E-state index is 12.7. The number of ether oxygens (including phenoxy) is 2.